The van der Waals surface area contributed by atoms with Crippen molar-refractivity contribution in [3.8, 4) is 0 Å². The lowest BCUT2D eigenvalue weighted by molar-refractivity contribution is -0.127. The zero-order chi connectivity index (χ0) is 23.5. The average Bonchev–Trinajstić information content (AvgIpc) is 3.00. The normalized spacial score (nSPS) is 25.3. The summed E-state index contributed by atoms with van der Waals surface area (Å²) in [5.41, 5.74) is 0.771. The van der Waals surface area contributed by atoms with Crippen LogP contribution in [0, 0.1) is 0 Å². The predicted octanol–water partition coefficient (Wildman–Crippen LogP) is 1.60. The highest BCUT2D eigenvalue weighted by atomic mass is 32.2. The first-order chi connectivity index (χ1) is 15.7. The van der Waals surface area contributed by atoms with Crippen LogP contribution in [0.3, 0.4) is 0 Å². The molecule has 0 saturated carbocycles. The van der Waals surface area contributed by atoms with Crippen molar-refractivity contribution in [1.82, 2.24) is 14.1 Å². The fourth-order valence-electron chi connectivity index (χ4n) is 4.83. The van der Waals surface area contributed by atoms with Crippen molar-refractivity contribution in [3.63, 3.8) is 0 Å². The molecule has 1 unspecified atom stereocenters. The van der Waals surface area contributed by atoms with Gasteiger partial charge in [0, 0.05) is 51.4 Å². The van der Waals surface area contributed by atoms with E-state index in [1.165, 1.54) is 6.08 Å². The molecule has 8 nitrogen and oxygen atoms in total. The second-order valence-electron chi connectivity index (χ2n) is 9.14. The molecular weight excluding hydrogens is 462 g/mol. The number of carbonyl (C=O) groups is 1. The lowest BCUT2D eigenvalue weighted by Gasteiger charge is -2.37. The fraction of sp³-hybridized carbons (Fsp3) is 0.609. The van der Waals surface area contributed by atoms with Gasteiger partial charge >= 0.3 is 0 Å². The van der Waals surface area contributed by atoms with Gasteiger partial charge in [0.1, 0.15) is 0 Å². The molecule has 0 N–H and O–H groups in total. The van der Waals surface area contributed by atoms with Crippen LogP contribution in [0.4, 0.5) is 0 Å². The maximum absolute atomic E-state index is 12.9. The van der Waals surface area contributed by atoms with Crippen molar-refractivity contribution in [2.45, 2.75) is 43.0 Å². The molecule has 3 saturated heterocycles. The van der Waals surface area contributed by atoms with Gasteiger partial charge in [-0.05, 0) is 43.0 Å². The van der Waals surface area contributed by atoms with Gasteiger partial charge in [-0.25, -0.2) is 16.8 Å². The van der Waals surface area contributed by atoms with Gasteiger partial charge in [-0.3, -0.25) is 9.69 Å². The third-order valence-electron chi connectivity index (χ3n) is 6.85. The number of sulfonamides is 1. The van der Waals surface area contributed by atoms with Crippen LogP contribution in [-0.4, -0.2) is 93.7 Å². The molecule has 0 bridgehead atoms. The van der Waals surface area contributed by atoms with Crippen molar-refractivity contribution < 1.29 is 21.6 Å². The molecule has 3 aliphatic heterocycles. The Morgan fingerprint density at radius 2 is 1.55 bits per heavy atom. The molecular formula is C23H33N3O5S2. The molecule has 0 radical (unpaired) electrons. The van der Waals surface area contributed by atoms with Crippen molar-refractivity contribution >= 4 is 31.8 Å². The van der Waals surface area contributed by atoms with Gasteiger partial charge in [-0.2, -0.15) is 4.31 Å². The van der Waals surface area contributed by atoms with Crippen LogP contribution in [0.25, 0.3) is 6.08 Å². The number of nitrogens with zero attached hydrogens (tertiary/aromatic N) is 3. The first-order valence-corrected chi connectivity index (χ1v) is 15.0. The standard InChI is InChI=1S/C23H33N3O5S2/c27-23(25-16-14-24(15-17-25)21-11-18-32(28,29)19-21)10-7-20-5-8-22(9-6-20)33(30,31)26-12-3-1-2-4-13-26/h5-10,21H,1-4,11-19H2. The summed E-state index contributed by atoms with van der Waals surface area (Å²) in [7, 11) is -6.39. The Hall–Kier alpha value is -1.75. The van der Waals surface area contributed by atoms with Gasteiger partial charge in [-0.15, -0.1) is 0 Å². The van der Waals surface area contributed by atoms with E-state index in [0.717, 1.165) is 31.2 Å². The highest BCUT2D eigenvalue weighted by molar-refractivity contribution is 7.91. The monoisotopic (exact) mass is 495 g/mol. The molecule has 182 valence electrons. The van der Waals surface area contributed by atoms with E-state index in [4.69, 9.17) is 0 Å². The molecule has 1 aromatic rings. The van der Waals surface area contributed by atoms with E-state index in [0.29, 0.717) is 45.7 Å². The quantitative estimate of drug-likeness (QED) is 0.576. The number of amides is 1. The number of hydrogen-bond acceptors (Lipinski definition) is 6. The third kappa shape index (κ3) is 6.03. The molecule has 3 fully saturated rings. The van der Waals surface area contributed by atoms with E-state index in [-0.39, 0.29) is 28.4 Å². The second kappa shape index (κ2) is 10.2. The van der Waals surface area contributed by atoms with E-state index < -0.39 is 19.9 Å². The lowest BCUT2D eigenvalue weighted by Crippen LogP contribution is -2.52. The molecule has 1 amide bonds. The smallest absolute Gasteiger partial charge is 0.246 e. The van der Waals surface area contributed by atoms with Gasteiger partial charge in [0.15, 0.2) is 9.84 Å². The summed E-state index contributed by atoms with van der Waals surface area (Å²) in [6.07, 6.45) is 7.85. The van der Waals surface area contributed by atoms with Gasteiger partial charge < -0.3 is 4.90 Å². The Kier molecular flexibility index (Phi) is 7.57. The summed E-state index contributed by atoms with van der Waals surface area (Å²) in [6, 6.07) is 6.75. The van der Waals surface area contributed by atoms with E-state index >= 15 is 0 Å². The molecule has 3 heterocycles. The summed E-state index contributed by atoms with van der Waals surface area (Å²) < 4.78 is 50.8. The summed E-state index contributed by atoms with van der Waals surface area (Å²) >= 11 is 0. The molecule has 0 spiro atoms. The van der Waals surface area contributed by atoms with Gasteiger partial charge in [0.05, 0.1) is 16.4 Å². The third-order valence-corrected chi connectivity index (χ3v) is 10.5. The number of hydrogen-bond donors (Lipinski definition) is 0. The molecule has 0 aliphatic carbocycles. The number of benzene rings is 1. The molecule has 10 heteroatoms. The van der Waals surface area contributed by atoms with E-state index in [2.05, 4.69) is 4.90 Å². The Labute approximate surface area is 197 Å². The van der Waals surface area contributed by atoms with Crippen LogP contribution < -0.4 is 0 Å². The number of carbonyl (C=O) groups excluding carboxylic acids is 1. The summed E-state index contributed by atoms with van der Waals surface area (Å²) in [5.74, 6) is 0.400. The Balaban J connectivity index is 1.30. The first kappa shape index (κ1) is 24.4. The highest BCUT2D eigenvalue weighted by Crippen LogP contribution is 2.22. The minimum Gasteiger partial charge on any atom is -0.337 e. The fourth-order valence-corrected chi connectivity index (χ4v) is 8.10. The topological polar surface area (TPSA) is 95.1 Å². The lowest BCUT2D eigenvalue weighted by atomic mass is 10.2. The van der Waals surface area contributed by atoms with E-state index in [9.17, 15) is 21.6 Å². The minimum absolute atomic E-state index is 0.0758. The first-order valence-electron chi connectivity index (χ1n) is 11.8. The molecule has 3 aliphatic rings. The van der Waals surface area contributed by atoms with Crippen molar-refractivity contribution in [3.05, 3.63) is 35.9 Å². The highest BCUT2D eigenvalue weighted by Gasteiger charge is 2.34. The van der Waals surface area contributed by atoms with Crippen LogP contribution >= 0.6 is 0 Å². The number of piperazine rings is 1. The molecule has 1 atom stereocenters. The SMILES string of the molecule is O=C(C=Cc1ccc(S(=O)(=O)N2CCCCCC2)cc1)N1CCN(C2CCS(=O)(=O)C2)CC1. The van der Waals surface area contributed by atoms with Crippen molar-refractivity contribution in [1.29, 1.82) is 0 Å². The molecule has 33 heavy (non-hydrogen) atoms. The zero-order valence-electron chi connectivity index (χ0n) is 18.9. The number of rotatable bonds is 5. The van der Waals surface area contributed by atoms with Crippen LogP contribution in [0.2, 0.25) is 0 Å². The van der Waals surface area contributed by atoms with E-state index in [1.807, 2.05) is 0 Å². The van der Waals surface area contributed by atoms with Crippen molar-refractivity contribution in [2.24, 2.45) is 0 Å². The van der Waals surface area contributed by atoms with Gasteiger partial charge in [0.2, 0.25) is 15.9 Å². The van der Waals surface area contributed by atoms with Crippen LogP contribution in [-0.2, 0) is 24.7 Å². The number of sulfone groups is 1. The summed E-state index contributed by atoms with van der Waals surface area (Å²) in [6.45, 7) is 3.66. The summed E-state index contributed by atoms with van der Waals surface area (Å²) in [4.78, 5) is 16.8. The zero-order valence-corrected chi connectivity index (χ0v) is 20.6. The largest absolute Gasteiger partial charge is 0.337 e. The average molecular weight is 496 g/mol. The van der Waals surface area contributed by atoms with Crippen molar-refractivity contribution in [2.75, 3.05) is 50.8 Å². The van der Waals surface area contributed by atoms with Crippen LogP contribution in [0.15, 0.2) is 35.2 Å². The predicted molar refractivity (Wildman–Crippen MR) is 128 cm³/mol. The minimum atomic E-state index is -3.48. The van der Waals surface area contributed by atoms with Gasteiger partial charge in [-0.1, -0.05) is 25.0 Å². The summed E-state index contributed by atoms with van der Waals surface area (Å²) in [5, 5.41) is 0. The Morgan fingerprint density at radius 3 is 2.12 bits per heavy atom. The maximum atomic E-state index is 12.9. The van der Waals surface area contributed by atoms with Gasteiger partial charge in [0.25, 0.3) is 0 Å². The maximum Gasteiger partial charge on any atom is 0.246 e. The Morgan fingerprint density at radius 1 is 0.909 bits per heavy atom. The van der Waals surface area contributed by atoms with E-state index in [1.54, 1.807) is 39.5 Å². The molecule has 1 aromatic carbocycles. The molecule has 0 aromatic heterocycles. The van der Waals surface area contributed by atoms with Crippen LogP contribution in [0.1, 0.15) is 37.7 Å². The second-order valence-corrected chi connectivity index (χ2v) is 13.3. The molecule has 4 rings (SSSR count). The Bertz CT molecular complexity index is 1070. The van der Waals surface area contributed by atoms with Crippen LogP contribution in [0.5, 0.6) is 0 Å².